The van der Waals surface area contributed by atoms with Crippen LogP contribution in [0.2, 0.25) is 0 Å². The average Bonchev–Trinajstić information content (AvgIpc) is 3.38. The van der Waals surface area contributed by atoms with Gasteiger partial charge in [-0.3, -0.25) is 9.78 Å². The van der Waals surface area contributed by atoms with E-state index in [4.69, 9.17) is 9.72 Å². The Hall–Kier alpha value is -4.62. The normalized spacial score (nSPS) is 16.0. The molecule has 3 aromatic heterocycles. The molecule has 1 aliphatic heterocycles. The number of morpholine rings is 1. The van der Waals surface area contributed by atoms with Gasteiger partial charge >= 0.3 is 5.97 Å². The molecule has 4 aromatic rings. The van der Waals surface area contributed by atoms with Crippen LogP contribution in [0, 0.1) is 11.6 Å². The predicted octanol–water partition coefficient (Wildman–Crippen LogP) is 2.99. The zero-order valence-corrected chi connectivity index (χ0v) is 24.2. The number of fused-ring (bicyclic) bond motifs is 4. The van der Waals surface area contributed by atoms with Crippen molar-refractivity contribution in [2.45, 2.75) is 12.5 Å². The summed E-state index contributed by atoms with van der Waals surface area (Å²) in [6, 6.07) is 2.73. The van der Waals surface area contributed by atoms with Gasteiger partial charge in [-0.1, -0.05) is 0 Å². The standard InChI is InChI=1S/C30H31F2N7O4/c1-33-22-9-21(31)26(32)24-17(22)8-23-25(24)27(38-5-6-43-16(13-38)12-37(3)4)19(11-35-23)15-7-18-28(40)20(30(41)42)14-39(34-2)29(18)36-10-15/h7,9-11,14,16,33-34H,5-6,8,12-13H2,1-4H3,(H,41,42). The molecule has 2 aliphatic rings. The molecular weight excluding hydrogens is 560 g/mol. The van der Waals surface area contributed by atoms with Crippen molar-refractivity contribution in [2.24, 2.45) is 0 Å². The number of nitrogens with zero attached hydrogens (tertiary/aromatic N) is 5. The van der Waals surface area contributed by atoms with Crippen LogP contribution in [0.5, 0.6) is 0 Å². The fraction of sp³-hybridized carbons (Fsp3) is 0.333. The molecule has 0 amide bonds. The molecule has 224 valence electrons. The fourth-order valence-corrected chi connectivity index (χ4v) is 6.10. The van der Waals surface area contributed by atoms with Crippen LogP contribution in [0.1, 0.15) is 21.6 Å². The van der Waals surface area contributed by atoms with Crippen LogP contribution >= 0.6 is 0 Å². The number of ether oxygens (including phenoxy) is 1. The SMILES string of the molecule is CNc1cc(F)c(F)c2c1Cc1ncc(-c3cnc4c(c3)c(=O)c(C(=O)O)cn4NC)c(N3CCOC(CN(C)C)C3)c1-2. The number of aromatic carboxylic acids is 1. The number of rotatable bonds is 7. The smallest absolute Gasteiger partial charge is 0.341 e. The van der Waals surface area contributed by atoms with Crippen molar-refractivity contribution in [3.05, 3.63) is 69.4 Å². The topological polar surface area (TPSA) is 125 Å². The van der Waals surface area contributed by atoms with Crippen molar-refractivity contribution in [1.82, 2.24) is 19.5 Å². The van der Waals surface area contributed by atoms with Gasteiger partial charge in [0.25, 0.3) is 0 Å². The van der Waals surface area contributed by atoms with Crippen molar-refractivity contribution < 1.29 is 23.4 Å². The number of carbonyl (C=O) groups is 1. The second-order valence-electron chi connectivity index (χ2n) is 10.9. The fourth-order valence-electron chi connectivity index (χ4n) is 6.10. The Morgan fingerprint density at radius 2 is 1.98 bits per heavy atom. The summed E-state index contributed by atoms with van der Waals surface area (Å²) in [6.07, 6.45) is 4.57. The van der Waals surface area contributed by atoms with Gasteiger partial charge in [0.05, 0.1) is 29.5 Å². The van der Waals surface area contributed by atoms with Crippen LogP contribution in [0.25, 0.3) is 33.3 Å². The van der Waals surface area contributed by atoms with Gasteiger partial charge in [0, 0.05) is 92.7 Å². The van der Waals surface area contributed by atoms with Gasteiger partial charge in [-0.05, 0) is 25.7 Å². The highest BCUT2D eigenvalue weighted by Crippen LogP contribution is 2.50. The van der Waals surface area contributed by atoms with Gasteiger partial charge in [-0.15, -0.1) is 0 Å². The molecule has 6 rings (SSSR count). The zero-order chi connectivity index (χ0) is 30.6. The Morgan fingerprint density at radius 1 is 1.19 bits per heavy atom. The molecule has 43 heavy (non-hydrogen) atoms. The molecule has 1 fully saturated rings. The van der Waals surface area contributed by atoms with E-state index in [0.717, 1.165) is 6.07 Å². The van der Waals surface area contributed by atoms with E-state index in [1.54, 1.807) is 32.6 Å². The first kappa shape index (κ1) is 28.5. The number of pyridine rings is 3. The number of halogens is 2. The lowest BCUT2D eigenvalue weighted by atomic mass is 9.96. The Morgan fingerprint density at radius 3 is 2.67 bits per heavy atom. The summed E-state index contributed by atoms with van der Waals surface area (Å²) in [7, 11) is 7.15. The summed E-state index contributed by atoms with van der Waals surface area (Å²) < 4.78 is 38.0. The first-order valence-corrected chi connectivity index (χ1v) is 13.8. The minimum absolute atomic E-state index is 0.0840. The summed E-state index contributed by atoms with van der Waals surface area (Å²) in [4.78, 5) is 38.4. The lowest BCUT2D eigenvalue weighted by molar-refractivity contribution is 0.0248. The number of likely N-dealkylation sites (N-methyl/N-ethyl adjacent to an activating group) is 1. The van der Waals surface area contributed by atoms with E-state index in [-0.39, 0.29) is 22.7 Å². The maximum Gasteiger partial charge on any atom is 0.341 e. The molecular formula is C30H31F2N7O4. The molecule has 1 aliphatic carbocycles. The number of anilines is 2. The molecule has 1 aromatic carbocycles. The molecule has 1 saturated heterocycles. The van der Waals surface area contributed by atoms with Crippen molar-refractivity contribution >= 4 is 28.4 Å². The van der Waals surface area contributed by atoms with E-state index in [2.05, 4.69) is 20.6 Å². The highest BCUT2D eigenvalue weighted by molar-refractivity contribution is 5.98. The number of carboxylic acids is 1. The molecule has 0 spiro atoms. The molecule has 1 unspecified atom stereocenters. The maximum atomic E-state index is 15.7. The lowest BCUT2D eigenvalue weighted by Gasteiger charge is -2.37. The maximum absolute atomic E-state index is 15.7. The van der Waals surface area contributed by atoms with E-state index in [1.165, 1.54) is 10.9 Å². The van der Waals surface area contributed by atoms with Crippen molar-refractivity contribution in [3.8, 4) is 22.3 Å². The van der Waals surface area contributed by atoms with Crippen LogP contribution < -0.4 is 21.1 Å². The van der Waals surface area contributed by atoms with Crippen molar-refractivity contribution in [2.75, 3.05) is 70.1 Å². The Labute approximate surface area is 245 Å². The van der Waals surface area contributed by atoms with Crippen LogP contribution in [0.4, 0.5) is 20.2 Å². The number of hydrogen-bond acceptors (Lipinski definition) is 9. The van der Waals surface area contributed by atoms with Gasteiger partial charge < -0.3 is 30.4 Å². The van der Waals surface area contributed by atoms with Crippen LogP contribution in [0.15, 0.2) is 35.5 Å². The van der Waals surface area contributed by atoms with Gasteiger partial charge in [0.15, 0.2) is 17.3 Å². The van der Waals surface area contributed by atoms with Crippen molar-refractivity contribution in [1.29, 1.82) is 0 Å². The Kier molecular flexibility index (Phi) is 7.22. The summed E-state index contributed by atoms with van der Waals surface area (Å²) in [5.41, 5.74) is 5.97. The molecule has 0 radical (unpaired) electrons. The molecule has 13 heteroatoms. The van der Waals surface area contributed by atoms with Crippen molar-refractivity contribution in [3.63, 3.8) is 0 Å². The molecule has 11 nitrogen and oxygen atoms in total. The number of benzene rings is 1. The Balaban J connectivity index is 1.63. The molecule has 3 N–H and O–H groups in total. The number of nitrogens with one attached hydrogen (secondary N) is 2. The van der Waals surface area contributed by atoms with Crippen LogP contribution in [-0.2, 0) is 11.2 Å². The van der Waals surface area contributed by atoms with Gasteiger partial charge in [0.2, 0.25) is 5.43 Å². The zero-order valence-electron chi connectivity index (χ0n) is 24.2. The summed E-state index contributed by atoms with van der Waals surface area (Å²) in [5, 5.41) is 12.7. The second kappa shape index (κ2) is 10.9. The largest absolute Gasteiger partial charge is 0.477 e. The minimum Gasteiger partial charge on any atom is -0.477 e. The van der Waals surface area contributed by atoms with E-state index in [0.29, 0.717) is 72.0 Å². The molecule has 4 heterocycles. The van der Waals surface area contributed by atoms with Gasteiger partial charge in [-0.2, -0.15) is 0 Å². The Bertz CT molecular complexity index is 1840. The van der Waals surface area contributed by atoms with E-state index in [9.17, 15) is 19.1 Å². The van der Waals surface area contributed by atoms with E-state index in [1.807, 2.05) is 19.0 Å². The van der Waals surface area contributed by atoms with E-state index >= 15 is 4.39 Å². The third kappa shape index (κ3) is 4.74. The highest BCUT2D eigenvalue weighted by atomic mass is 19.2. The summed E-state index contributed by atoms with van der Waals surface area (Å²) >= 11 is 0. The lowest BCUT2D eigenvalue weighted by Crippen LogP contribution is -2.46. The molecule has 0 bridgehead atoms. The third-order valence-corrected chi connectivity index (χ3v) is 7.97. The quantitative estimate of drug-likeness (QED) is 0.260. The van der Waals surface area contributed by atoms with Gasteiger partial charge in [-0.25, -0.2) is 23.2 Å². The number of aromatic nitrogens is 3. The average molecular weight is 592 g/mol. The minimum atomic E-state index is -1.36. The monoisotopic (exact) mass is 591 g/mol. The van der Waals surface area contributed by atoms with Crippen LogP contribution in [0.3, 0.4) is 0 Å². The number of carboxylic acid groups (broad SMARTS) is 1. The number of hydrogen-bond donors (Lipinski definition) is 3. The van der Waals surface area contributed by atoms with Gasteiger partial charge in [0.1, 0.15) is 5.56 Å². The first-order valence-electron chi connectivity index (χ1n) is 13.8. The molecule has 0 saturated carbocycles. The summed E-state index contributed by atoms with van der Waals surface area (Å²) in [6.45, 7) is 2.03. The molecule has 1 atom stereocenters. The second-order valence-corrected chi connectivity index (χ2v) is 10.9. The van der Waals surface area contributed by atoms with Crippen LogP contribution in [-0.4, -0.2) is 91.2 Å². The van der Waals surface area contributed by atoms with E-state index < -0.39 is 28.6 Å². The first-order chi connectivity index (χ1) is 20.6. The third-order valence-electron chi connectivity index (χ3n) is 7.97. The predicted molar refractivity (Wildman–Crippen MR) is 160 cm³/mol. The highest BCUT2D eigenvalue weighted by Gasteiger charge is 2.35. The summed E-state index contributed by atoms with van der Waals surface area (Å²) in [5.74, 6) is -3.29.